The highest BCUT2D eigenvalue weighted by Crippen LogP contribution is 2.42. The quantitative estimate of drug-likeness (QED) is 0.520. The Balaban J connectivity index is 2.02. The van der Waals surface area contributed by atoms with Gasteiger partial charge < -0.3 is 23.7 Å². The van der Waals surface area contributed by atoms with E-state index in [1.54, 1.807) is 12.3 Å². The van der Waals surface area contributed by atoms with Gasteiger partial charge in [0.1, 0.15) is 12.2 Å². The molecule has 3 unspecified atom stereocenters. The van der Waals surface area contributed by atoms with E-state index in [9.17, 15) is 9.90 Å². The Morgan fingerprint density at radius 1 is 1.36 bits per heavy atom. The van der Waals surface area contributed by atoms with E-state index in [2.05, 4.69) is 6.58 Å². The second kappa shape index (κ2) is 9.57. The normalized spacial score (nSPS) is 21.8. The van der Waals surface area contributed by atoms with E-state index < -0.39 is 12.3 Å². The Kier molecular flexibility index (Phi) is 6.90. The van der Waals surface area contributed by atoms with Crippen molar-refractivity contribution in [2.75, 3.05) is 19.8 Å². The molecule has 0 saturated carbocycles. The number of benzene rings is 1. The van der Waals surface area contributed by atoms with Crippen molar-refractivity contribution >= 4 is 16.9 Å². The Morgan fingerprint density at radius 3 is 2.93 bits per heavy atom. The summed E-state index contributed by atoms with van der Waals surface area (Å²) in [6.45, 7) is 6.05. The number of carbonyl (C=O) groups excluding carboxylic acids is 1. The van der Waals surface area contributed by atoms with Gasteiger partial charge in [-0.15, -0.1) is 0 Å². The van der Waals surface area contributed by atoms with Gasteiger partial charge in [0.25, 0.3) is 0 Å². The third-order valence-electron chi connectivity index (χ3n) is 4.81. The lowest BCUT2D eigenvalue weighted by atomic mass is 9.80. The second-order valence-corrected chi connectivity index (χ2v) is 6.60. The largest absolute Gasteiger partial charge is 0.464 e. The van der Waals surface area contributed by atoms with Crippen molar-refractivity contribution in [1.29, 1.82) is 0 Å². The van der Waals surface area contributed by atoms with Gasteiger partial charge in [-0.3, -0.25) is 0 Å². The molecular formula is C22H26O6. The van der Waals surface area contributed by atoms with E-state index in [1.807, 2.05) is 31.2 Å². The van der Waals surface area contributed by atoms with Crippen LogP contribution in [0.5, 0.6) is 0 Å². The van der Waals surface area contributed by atoms with Gasteiger partial charge in [-0.05, 0) is 31.9 Å². The first kappa shape index (κ1) is 20.2. The molecule has 1 N–H and O–H groups in total. The fraction of sp³-hybridized carbons (Fsp3) is 0.409. The van der Waals surface area contributed by atoms with E-state index in [1.165, 1.54) is 6.08 Å². The molecular weight excluding hydrogens is 360 g/mol. The zero-order valence-corrected chi connectivity index (χ0v) is 16.0. The van der Waals surface area contributed by atoms with Crippen molar-refractivity contribution in [3.63, 3.8) is 0 Å². The van der Waals surface area contributed by atoms with Crippen molar-refractivity contribution in [3.8, 4) is 0 Å². The van der Waals surface area contributed by atoms with Crippen molar-refractivity contribution in [1.82, 2.24) is 0 Å². The number of fused-ring (bicyclic) bond motifs is 1. The van der Waals surface area contributed by atoms with Gasteiger partial charge in [0, 0.05) is 36.0 Å². The van der Waals surface area contributed by atoms with Crippen LogP contribution in [0, 0.1) is 5.92 Å². The summed E-state index contributed by atoms with van der Waals surface area (Å²) in [5.41, 5.74) is 1.74. The molecule has 2 heterocycles. The number of hydrogen-bond acceptors (Lipinski definition) is 6. The number of aliphatic hydroxyl groups is 1. The Bertz CT molecular complexity index is 836. The van der Waals surface area contributed by atoms with Crippen LogP contribution in [0.25, 0.3) is 11.0 Å². The third-order valence-corrected chi connectivity index (χ3v) is 4.81. The highest BCUT2D eigenvalue weighted by Gasteiger charge is 2.39. The van der Waals surface area contributed by atoms with Crippen molar-refractivity contribution < 1.29 is 28.5 Å². The molecule has 1 aromatic heterocycles. The lowest BCUT2D eigenvalue weighted by Gasteiger charge is -2.36. The van der Waals surface area contributed by atoms with Crippen molar-refractivity contribution in [2.45, 2.75) is 32.0 Å². The minimum absolute atomic E-state index is 0.0755. The van der Waals surface area contributed by atoms with Crippen LogP contribution >= 0.6 is 0 Å². The van der Waals surface area contributed by atoms with Crippen LogP contribution in [0.15, 0.2) is 59.4 Å². The first-order valence-corrected chi connectivity index (χ1v) is 9.54. The highest BCUT2D eigenvalue weighted by atomic mass is 16.7. The SMILES string of the molecule is C=CCOC(=O)C1=CC(c2coc3ccccc23)C(CCCO)C(OCC)O1. The molecule has 0 bridgehead atoms. The summed E-state index contributed by atoms with van der Waals surface area (Å²) in [6.07, 6.45) is 5.67. The Hall–Kier alpha value is -2.57. The number of allylic oxidation sites excluding steroid dienone is 1. The predicted molar refractivity (Wildman–Crippen MR) is 105 cm³/mol. The number of rotatable bonds is 9. The fourth-order valence-electron chi connectivity index (χ4n) is 3.57. The van der Waals surface area contributed by atoms with Crippen LogP contribution < -0.4 is 0 Å². The minimum Gasteiger partial charge on any atom is -0.464 e. The maximum absolute atomic E-state index is 12.4. The molecule has 150 valence electrons. The molecule has 0 fully saturated rings. The molecule has 3 atom stereocenters. The van der Waals surface area contributed by atoms with E-state index >= 15 is 0 Å². The topological polar surface area (TPSA) is 78.1 Å². The van der Waals surface area contributed by atoms with Crippen LogP contribution in [0.3, 0.4) is 0 Å². The number of carbonyl (C=O) groups is 1. The van der Waals surface area contributed by atoms with E-state index in [4.69, 9.17) is 18.6 Å². The number of furan rings is 1. The maximum atomic E-state index is 12.4. The first-order valence-electron chi connectivity index (χ1n) is 9.54. The van der Waals surface area contributed by atoms with Gasteiger partial charge in [0.15, 0.2) is 0 Å². The molecule has 0 aliphatic carbocycles. The van der Waals surface area contributed by atoms with E-state index in [0.29, 0.717) is 19.4 Å². The summed E-state index contributed by atoms with van der Waals surface area (Å²) < 4.78 is 22.5. The molecule has 1 aliphatic heterocycles. The van der Waals surface area contributed by atoms with Crippen LogP contribution in [0.1, 0.15) is 31.2 Å². The van der Waals surface area contributed by atoms with Gasteiger partial charge in [-0.2, -0.15) is 0 Å². The summed E-state index contributed by atoms with van der Waals surface area (Å²) in [5.74, 6) is -0.685. The van der Waals surface area contributed by atoms with E-state index in [-0.39, 0.29) is 30.8 Å². The summed E-state index contributed by atoms with van der Waals surface area (Å²) >= 11 is 0. The Labute approximate surface area is 164 Å². The summed E-state index contributed by atoms with van der Waals surface area (Å²) in [6, 6.07) is 7.77. The maximum Gasteiger partial charge on any atom is 0.373 e. The van der Waals surface area contributed by atoms with Gasteiger partial charge in [0.05, 0.1) is 6.26 Å². The third kappa shape index (κ3) is 4.29. The molecule has 1 aliphatic rings. The van der Waals surface area contributed by atoms with Gasteiger partial charge in [-0.25, -0.2) is 4.79 Å². The Morgan fingerprint density at radius 2 is 2.18 bits per heavy atom. The average molecular weight is 386 g/mol. The van der Waals surface area contributed by atoms with Crippen molar-refractivity contribution in [3.05, 3.63) is 60.6 Å². The van der Waals surface area contributed by atoms with E-state index in [0.717, 1.165) is 16.5 Å². The molecule has 0 saturated heterocycles. The molecule has 3 rings (SSSR count). The number of ether oxygens (including phenoxy) is 3. The summed E-state index contributed by atoms with van der Waals surface area (Å²) in [4.78, 5) is 12.4. The predicted octanol–water partition coefficient (Wildman–Crippen LogP) is 3.91. The monoisotopic (exact) mass is 386 g/mol. The van der Waals surface area contributed by atoms with Crippen LogP contribution in [-0.4, -0.2) is 37.2 Å². The fourth-order valence-corrected chi connectivity index (χ4v) is 3.57. The van der Waals surface area contributed by atoms with Gasteiger partial charge in [0.2, 0.25) is 12.0 Å². The minimum atomic E-state index is -0.619. The molecule has 0 radical (unpaired) electrons. The van der Waals surface area contributed by atoms with Crippen molar-refractivity contribution in [2.24, 2.45) is 5.92 Å². The molecule has 0 spiro atoms. The molecule has 2 aromatic rings. The number of esters is 1. The second-order valence-electron chi connectivity index (χ2n) is 6.60. The number of aliphatic hydroxyl groups excluding tert-OH is 1. The smallest absolute Gasteiger partial charge is 0.373 e. The zero-order chi connectivity index (χ0) is 19.9. The number of para-hydroxylation sites is 1. The molecule has 0 amide bonds. The van der Waals surface area contributed by atoms with Crippen LogP contribution in [0.4, 0.5) is 0 Å². The molecule has 6 heteroatoms. The average Bonchev–Trinajstić information content (AvgIpc) is 3.14. The number of hydrogen-bond donors (Lipinski definition) is 1. The zero-order valence-electron chi connectivity index (χ0n) is 16.0. The lowest BCUT2D eigenvalue weighted by Crippen LogP contribution is -2.36. The standard InChI is InChI=1S/C22H26O6/c1-3-12-26-21(24)20-13-17(16(9-7-11-23)22(28-20)25-4-2)18-14-27-19-10-6-5-8-15(18)19/h3,5-6,8,10,13-14,16-17,22-23H,1,4,7,9,11-12H2,2H3. The molecule has 28 heavy (non-hydrogen) atoms. The van der Waals surface area contributed by atoms with Crippen LogP contribution in [0.2, 0.25) is 0 Å². The summed E-state index contributed by atoms with van der Waals surface area (Å²) in [5, 5.41) is 10.3. The molecule has 1 aromatic carbocycles. The lowest BCUT2D eigenvalue weighted by molar-refractivity contribution is -0.175. The van der Waals surface area contributed by atoms with Crippen LogP contribution in [-0.2, 0) is 19.0 Å². The highest BCUT2D eigenvalue weighted by molar-refractivity contribution is 5.87. The van der Waals surface area contributed by atoms with Gasteiger partial charge in [-0.1, -0.05) is 30.9 Å². The van der Waals surface area contributed by atoms with Gasteiger partial charge >= 0.3 is 5.97 Å². The molecule has 6 nitrogen and oxygen atoms in total. The first-order chi connectivity index (χ1) is 13.7. The summed E-state index contributed by atoms with van der Waals surface area (Å²) in [7, 11) is 0.